The van der Waals surface area contributed by atoms with Crippen molar-refractivity contribution >= 4 is 0 Å². The van der Waals surface area contributed by atoms with E-state index in [4.69, 9.17) is 0 Å². The lowest BCUT2D eigenvalue weighted by Gasteiger charge is -1.99. The van der Waals surface area contributed by atoms with E-state index < -0.39 is 0 Å². The van der Waals surface area contributed by atoms with Gasteiger partial charge in [-0.2, -0.15) is 0 Å². The molecule has 0 aliphatic carbocycles. The molecule has 1 rings (SSSR count). The second-order valence-electron chi connectivity index (χ2n) is 5.01. The van der Waals surface area contributed by atoms with E-state index in [1.807, 2.05) is 61.5 Å². The highest BCUT2D eigenvalue weighted by atomic mass is 19.1. The molecular weight excluding hydrogens is 283 g/mol. The maximum atomic E-state index is 12.8. The normalized spacial score (nSPS) is 7.78. The summed E-state index contributed by atoms with van der Waals surface area (Å²) in [5, 5.41) is 0. The molecule has 0 aromatic heterocycles. The van der Waals surface area contributed by atoms with E-state index >= 15 is 0 Å². The molecular formula is C22H43F. The van der Waals surface area contributed by atoms with Crippen molar-refractivity contribution in [2.45, 2.75) is 94.9 Å². The zero-order valence-electron chi connectivity index (χ0n) is 17.6. The molecule has 0 atom stereocenters. The first-order valence-electron chi connectivity index (χ1n) is 9.26. The van der Waals surface area contributed by atoms with Crippen LogP contribution < -0.4 is 0 Å². The van der Waals surface area contributed by atoms with Gasteiger partial charge in [-0.15, -0.1) is 6.58 Å². The first kappa shape index (κ1) is 29.8. The van der Waals surface area contributed by atoms with Crippen molar-refractivity contribution in [1.29, 1.82) is 0 Å². The zero-order valence-corrected chi connectivity index (χ0v) is 17.6. The molecule has 1 aromatic rings. The summed E-state index contributed by atoms with van der Waals surface area (Å²) in [6, 6.07) is 5.19. The predicted molar refractivity (Wildman–Crippen MR) is 109 cm³/mol. The van der Waals surface area contributed by atoms with E-state index in [0.717, 1.165) is 17.5 Å². The van der Waals surface area contributed by atoms with Crippen LogP contribution in [0.1, 0.15) is 92.7 Å². The molecule has 0 aliphatic heterocycles. The summed E-state index contributed by atoms with van der Waals surface area (Å²) in [6.45, 7) is 23.9. The lowest BCUT2D eigenvalue weighted by Crippen LogP contribution is -1.87. The Bertz CT molecular complexity index is 334. The van der Waals surface area contributed by atoms with Gasteiger partial charge in [-0.3, -0.25) is 0 Å². The summed E-state index contributed by atoms with van der Waals surface area (Å²) >= 11 is 0. The molecule has 138 valence electrons. The maximum absolute atomic E-state index is 12.8. The Morgan fingerprint density at radius 1 is 0.957 bits per heavy atom. The van der Waals surface area contributed by atoms with E-state index in [9.17, 15) is 4.39 Å². The van der Waals surface area contributed by atoms with Crippen LogP contribution >= 0.6 is 0 Å². The Morgan fingerprint density at radius 3 is 1.57 bits per heavy atom. The van der Waals surface area contributed by atoms with E-state index in [1.165, 1.54) is 30.9 Å². The summed E-state index contributed by atoms with van der Waals surface area (Å²) in [5.74, 6) is -0.0897. The molecule has 0 aliphatic rings. The van der Waals surface area contributed by atoms with Crippen LogP contribution in [-0.2, 0) is 6.42 Å². The van der Waals surface area contributed by atoms with Crippen LogP contribution in [0.25, 0.3) is 0 Å². The van der Waals surface area contributed by atoms with Gasteiger partial charge in [0.2, 0.25) is 0 Å². The SMILES string of the molecule is C=C(C)C.CC.CC.CCCCC.CCc1cc(C)ccc1F. The number of allylic oxidation sites excluding steroid dienone is 1. The number of rotatable bonds is 3. The zero-order chi connectivity index (χ0) is 19.3. The van der Waals surface area contributed by atoms with Gasteiger partial charge in [0.25, 0.3) is 0 Å². The third-order valence-electron chi connectivity index (χ3n) is 2.29. The van der Waals surface area contributed by atoms with Gasteiger partial charge in [-0.05, 0) is 38.8 Å². The summed E-state index contributed by atoms with van der Waals surface area (Å²) in [6.07, 6.45) is 4.85. The minimum Gasteiger partial charge on any atom is -0.207 e. The first-order valence-corrected chi connectivity index (χ1v) is 9.26. The third kappa shape index (κ3) is 29.5. The van der Waals surface area contributed by atoms with Crippen LogP contribution in [0.2, 0.25) is 0 Å². The number of benzene rings is 1. The van der Waals surface area contributed by atoms with Crippen LogP contribution in [-0.4, -0.2) is 0 Å². The van der Waals surface area contributed by atoms with E-state index in [0.29, 0.717) is 0 Å². The molecule has 23 heavy (non-hydrogen) atoms. The van der Waals surface area contributed by atoms with Gasteiger partial charge in [0.05, 0.1) is 0 Å². The predicted octanol–water partition coefficient (Wildman–Crippen LogP) is 8.53. The highest BCUT2D eigenvalue weighted by molar-refractivity contribution is 5.23. The minimum absolute atomic E-state index is 0.0897. The summed E-state index contributed by atoms with van der Waals surface area (Å²) in [5.41, 5.74) is 3.10. The average molecular weight is 327 g/mol. The van der Waals surface area contributed by atoms with Crippen LogP contribution in [0.5, 0.6) is 0 Å². The van der Waals surface area contributed by atoms with E-state index in [2.05, 4.69) is 20.4 Å². The Morgan fingerprint density at radius 2 is 1.35 bits per heavy atom. The lowest BCUT2D eigenvalue weighted by atomic mass is 10.1. The second kappa shape index (κ2) is 25.8. The van der Waals surface area contributed by atoms with Gasteiger partial charge in [-0.25, -0.2) is 4.39 Å². The standard InChI is InChI=1S/C9H11F.C5H12.C4H8.2C2H6/c1-3-8-6-7(2)4-5-9(8)10;1-3-5-4-2;1-4(2)3;2*1-2/h4-6H,3H2,1-2H3;3-5H2,1-2H3;1H2,2-3H3;2*1-2H3. The van der Waals surface area contributed by atoms with Crippen LogP contribution in [0.3, 0.4) is 0 Å². The van der Waals surface area contributed by atoms with E-state index in [-0.39, 0.29) is 5.82 Å². The second-order valence-corrected chi connectivity index (χ2v) is 5.01. The monoisotopic (exact) mass is 326 g/mol. The van der Waals surface area contributed by atoms with Crippen LogP contribution in [0.15, 0.2) is 30.4 Å². The highest BCUT2D eigenvalue weighted by Crippen LogP contribution is 2.09. The van der Waals surface area contributed by atoms with Gasteiger partial charge >= 0.3 is 0 Å². The van der Waals surface area contributed by atoms with Crippen molar-refractivity contribution in [3.63, 3.8) is 0 Å². The smallest absolute Gasteiger partial charge is 0.126 e. The summed E-state index contributed by atoms with van der Waals surface area (Å²) < 4.78 is 12.8. The number of halogens is 1. The first-order chi connectivity index (χ1) is 10.9. The van der Waals surface area contributed by atoms with Crippen molar-refractivity contribution in [3.8, 4) is 0 Å². The molecule has 0 saturated carbocycles. The van der Waals surface area contributed by atoms with Crippen LogP contribution in [0.4, 0.5) is 4.39 Å². The Kier molecular flexibility index (Phi) is 33.5. The molecule has 0 spiro atoms. The van der Waals surface area contributed by atoms with Crippen molar-refractivity contribution in [2.75, 3.05) is 0 Å². The molecule has 0 N–H and O–H groups in total. The fraction of sp³-hybridized carbons (Fsp3) is 0.636. The minimum atomic E-state index is -0.0897. The quantitative estimate of drug-likeness (QED) is 0.488. The van der Waals surface area contributed by atoms with Gasteiger partial charge in [0, 0.05) is 0 Å². The fourth-order valence-corrected chi connectivity index (χ4v) is 1.33. The summed E-state index contributed by atoms with van der Waals surface area (Å²) in [4.78, 5) is 0. The molecule has 1 aromatic carbocycles. The molecule has 0 saturated heterocycles. The summed E-state index contributed by atoms with van der Waals surface area (Å²) in [7, 11) is 0. The lowest BCUT2D eigenvalue weighted by molar-refractivity contribution is 0.611. The molecule has 0 heterocycles. The maximum Gasteiger partial charge on any atom is 0.126 e. The van der Waals surface area contributed by atoms with E-state index in [1.54, 1.807) is 6.07 Å². The van der Waals surface area contributed by atoms with Crippen molar-refractivity contribution in [2.24, 2.45) is 0 Å². The van der Waals surface area contributed by atoms with Crippen molar-refractivity contribution < 1.29 is 4.39 Å². The number of unbranched alkanes of at least 4 members (excludes halogenated alkanes) is 2. The molecule has 0 amide bonds. The molecule has 0 unspecified atom stereocenters. The molecule has 0 radical (unpaired) electrons. The molecule has 0 nitrogen and oxygen atoms in total. The Hall–Kier alpha value is -1.11. The van der Waals surface area contributed by atoms with Gasteiger partial charge in [-0.1, -0.05) is 91.0 Å². The topological polar surface area (TPSA) is 0 Å². The third-order valence-corrected chi connectivity index (χ3v) is 2.29. The number of hydrogen-bond acceptors (Lipinski definition) is 0. The fourth-order valence-electron chi connectivity index (χ4n) is 1.33. The van der Waals surface area contributed by atoms with Crippen molar-refractivity contribution in [3.05, 3.63) is 47.3 Å². The van der Waals surface area contributed by atoms with Crippen molar-refractivity contribution in [1.82, 2.24) is 0 Å². The molecule has 1 heteroatoms. The average Bonchev–Trinajstić information content (AvgIpc) is 2.54. The van der Waals surface area contributed by atoms with Crippen LogP contribution in [0, 0.1) is 12.7 Å². The Balaban J connectivity index is -0.000000118. The Labute approximate surface area is 147 Å². The number of aryl methyl sites for hydroxylation is 2. The highest BCUT2D eigenvalue weighted by Gasteiger charge is 1.97. The largest absolute Gasteiger partial charge is 0.207 e. The molecule has 0 fully saturated rings. The number of hydrogen-bond donors (Lipinski definition) is 0. The van der Waals surface area contributed by atoms with Gasteiger partial charge < -0.3 is 0 Å². The molecule has 0 bridgehead atoms. The van der Waals surface area contributed by atoms with Gasteiger partial charge in [0.1, 0.15) is 5.82 Å². The van der Waals surface area contributed by atoms with Gasteiger partial charge in [0.15, 0.2) is 0 Å².